The van der Waals surface area contributed by atoms with E-state index in [0.717, 1.165) is 22.0 Å². The van der Waals surface area contributed by atoms with Gasteiger partial charge in [0, 0.05) is 34.5 Å². The van der Waals surface area contributed by atoms with Gasteiger partial charge in [-0.25, -0.2) is 9.97 Å². The molecule has 0 spiro atoms. The van der Waals surface area contributed by atoms with Gasteiger partial charge in [-0.3, -0.25) is 0 Å². The van der Waals surface area contributed by atoms with Crippen molar-refractivity contribution < 1.29 is 0 Å². The lowest BCUT2D eigenvalue weighted by Gasteiger charge is -2.03. The van der Waals surface area contributed by atoms with Crippen molar-refractivity contribution in [3.05, 3.63) is 47.5 Å². The quantitative estimate of drug-likeness (QED) is 0.787. The first-order chi connectivity index (χ1) is 7.84. The van der Waals surface area contributed by atoms with Crippen LogP contribution in [0.25, 0.3) is 11.1 Å². The van der Waals surface area contributed by atoms with Crippen LogP contribution >= 0.6 is 11.6 Å². The van der Waals surface area contributed by atoms with E-state index < -0.39 is 0 Å². The summed E-state index contributed by atoms with van der Waals surface area (Å²) >= 11 is 6.12. The van der Waals surface area contributed by atoms with Crippen LogP contribution in [-0.4, -0.2) is 9.97 Å². The molecular formula is C13H11ClN2. The molecule has 80 valence electrons. The second-order valence-corrected chi connectivity index (χ2v) is 4.49. The zero-order chi connectivity index (χ0) is 11.0. The Balaban J connectivity index is 1.97. The van der Waals surface area contributed by atoms with Crippen molar-refractivity contribution in [1.82, 2.24) is 9.97 Å². The fraction of sp³-hybridized carbons (Fsp3) is 0.231. The number of hydrogen-bond acceptors (Lipinski definition) is 2. The van der Waals surface area contributed by atoms with Crippen LogP contribution in [0.15, 0.2) is 36.7 Å². The Hall–Kier alpha value is -1.41. The molecule has 0 bridgehead atoms. The second kappa shape index (κ2) is 3.87. The highest BCUT2D eigenvalue weighted by Gasteiger charge is 2.26. The fourth-order valence-electron chi connectivity index (χ4n) is 1.72. The first-order valence-corrected chi connectivity index (χ1v) is 5.79. The fourth-order valence-corrected chi connectivity index (χ4v) is 1.97. The molecule has 1 aliphatic carbocycles. The Bertz CT molecular complexity index is 504. The number of rotatable bonds is 2. The molecule has 1 fully saturated rings. The SMILES string of the molecule is Clc1ccccc1-c1cnc(C2CC2)nc1. The summed E-state index contributed by atoms with van der Waals surface area (Å²) in [4.78, 5) is 8.78. The molecule has 1 aromatic heterocycles. The first kappa shape index (κ1) is 9.79. The molecule has 3 rings (SSSR count). The van der Waals surface area contributed by atoms with E-state index in [9.17, 15) is 0 Å². The predicted molar refractivity (Wildman–Crippen MR) is 64.5 cm³/mol. The zero-order valence-electron chi connectivity index (χ0n) is 8.73. The van der Waals surface area contributed by atoms with Gasteiger partial charge in [0.15, 0.2) is 0 Å². The third kappa shape index (κ3) is 1.81. The van der Waals surface area contributed by atoms with Crippen LogP contribution in [0.3, 0.4) is 0 Å². The molecule has 1 aromatic carbocycles. The maximum absolute atomic E-state index is 6.12. The van der Waals surface area contributed by atoms with Crippen molar-refractivity contribution in [2.45, 2.75) is 18.8 Å². The van der Waals surface area contributed by atoms with Crippen LogP contribution in [0.4, 0.5) is 0 Å². The van der Waals surface area contributed by atoms with Crippen molar-refractivity contribution >= 4 is 11.6 Å². The minimum atomic E-state index is 0.597. The van der Waals surface area contributed by atoms with Gasteiger partial charge in [-0.1, -0.05) is 29.8 Å². The molecule has 2 aromatic rings. The Kier molecular flexibility index (Phi) is 2.37. The third-order valence-corrected chi connectivity index (χ3v) is 3.13. The van der Waals surface area contributed by atoms with Gasteiger partial charge < -0.3 is 0 Å². The van der Waals surface area contributed by atoms with Gasteiger partial charge in [-0.15, -0.1) is 0 Å². The van der Waals surface area contributed by atoms with E-state index in [-0.39, 0.29) is 0 Å². The minimum Gasteiger partial charge on any atom is -0.240 e. The smallest absolute Gasteiger partial charge is 0.131 e. The monoisotopic (exact) mass is 230 g/mol. The van der Waals surface area contributed by atoms with Gasteiger partial charge in [0.2, 0.25) is 0 Å². The van der Waals surface area contributed by atoms with Crippen molar-refractivity contribution in [2.75, 3.05) is 0 Å². The number of nitrogens with zero attached hydrogens (tertiary/aromatic N) is 2. The molecule has 1 aliphatic rings. The van der Waals surface area contributed by atoms with E-state index in [0.29, 0.717) is 5.92 Å². The summed E-state index contributed by atoms with van der Waals surface area (Å²) in [5, 5.41) is 0.741. The third-order valence-electron chi connectivity index (χ3n) is 2.80. The first-order valence-electron chi connectivity index (χ1n) is 5.41. The van der Waals surface area contributed by atoms with Crippen molar-refractivity contribution in [2.24, 2.45) is 0 Å². The molecule has 0 radical (unpaired) electrons. The molecule has 3 heteroatoms. The van der Waals surface area contributed by atoms with Gasteiger partial charge in [-0.05, 0) is 18.9 Å². The Labute approximate surface area is 99.3 Å². The number of aromatic nitrogens is 2. The van der Waals surface area contributed by atoms with Gasteiger partial charge in [-0.2, -0.15) is 0 Å². The Morgan fingerprint density at radius 3 is 2.38 bits per heavy atom. The van der Waals surface area contributed by atoms with E-state index >= 15 is 0 Å². The summed E-state index contributed by atoms with van der Waals surface area (Å²) in [6.07, 6.45) is 6.18. The molecule has 0 atom stereocenters. The van der Waals surface area contributed by atoms with Gasteiger partial charge in [0.25, 0.3) is 0 Å². The standard InChI is InChI=1S/C13H11ClN2/c14-12-4-2-1-3-11(12)10-7-15-13(16-8-10)9-5-6-9/h1-4,7-9H,5-6H2. The maximum atomic E-state index is 6.12. The molecule has 0 unspecified atom stereocenters. The topological polar surface area (TPSA) is 25.8 Å². The van der Waals surface area contributed by atoms with E-state index in [1.165, 1.54) is 12.8 Å². The zero-order valence-corrected chi connectivity index (χ0v) is 9.48. The number of hydrogen-bond donors (Lipinski definition) is 0. The summed E-state index contributed by atoms with van der Waals surface area (Å²) in [5.74, 6) is 1.57. The summed E-state index contributed by atoms with van der Waals surface area (Å²) < 4.78 is 0. The average molecular weight is 231 g/mol. The summed E-state index contributed by atoms with van der Waals surface area (Å²) in [6, 6.07) is 7.75. The van der Waals surface area contributed by atoms with Crippen LogP contribution in [-0.2, 0) is 0 Å². The lowest BCUT2D eigenvalue weighted by molar-refractivity contribution is 0.928. The molecule has 16 heavy (non-hydrogen) atoms. The number of halogens is 1. The molecule has 2 nitrogen and oxygen atoms in total. The summed E-state index contributed by atoms with van der Waals surface area (Å²) in [7, 11) is 0. The van der Waals surface area contributed by atoms with Gasteiger partial charge in [0.1, 0.15) is 5.82 Å². The molecular weight excluding hydrogens is 220 g/mol. The maximum Gasteiger partial charge on any atom is 0.131 e. The number of benzene rings is 1. The normalized spacial score (nSPS) is 15.1. The molecule has 0 aliphatic heterocycles. The highest BCUT2D eigenvalue weighted by molar-refractivity contribution is 6.33. The molecule has 0 amide bonds. The highest BCUT2D eigenvalue weighted by atomic mass is 35.5. The summed E-state index contributed by atoms with van der Waals surface area (Å²) in [5.41, 5.74) is 1.97. The Morgan fingerprint density at radius 2 is 1.75 bits per heavy atom. The second-order valence-electron chi connectivity index (χ2n) is 4.08. The van der Waals surface area contributed by atoms with E-state index in [1.54, 1.807) is 0 Å². The Morgan fingerprint density at radius 1 is 1.06 bits per heavy atom. The van der Waals surface area contributed by atoms with Crippen LogP contribution in [0.5, 0.6) is 0 Å². The van der Waals surface area contributed by atoms with E-state index in [1.807, 2.05) is 36.7 Å². The average Bonchev–Trinajstić information content (AvgIpc) is 3.14. The van der Waals surface area contributed by atoms with E-state index in [4.69, 9.17) is 11.6 Å². The molecule has 0 saturated heterocycles. The van der Waals surface area contributed by atoms with Crippen molar-refractivity contribution in [3.8, 4) is 11.1 Å². The lowest BCUT2D eigenvalue weighted by atomic mass is 10.1. The van der Waals surface area contributed by atoms with Crippen LogP contribution < -0.4 is 0 Å². The van der Waals surface area contributed by atoms with Crippen molar-refractivity contribution in [3.63, 3.8) is 0 Å². The van der Waals surface area contributed by atoms with Crippen LogP contribution in [0.2, 0.25) is 5.02 Å². The molecule has 0 N–H and O–H groups in total. The minimum absolute atomic E-state index is 0.597. The van der Waals surface area contributed by atoms with E-state index in [2.05, 4.69) is 9.97 Å². The summed E-state index contributed by atoms with van der Waals surface area (Å²) in [6.45, 7) is 0. The molecule has 1 saturated carbocycles. The highest BCUT2D eigenvalue weighted by Crippen LogP contribution is 2.38. The van der Waals surface area contributed by atoms with Gasteiger partial charge in [0.05, 0.1) is 0 Å². The lowest BCUT2D eigenvalue weighted by Crippen LogP contribution is -1.92. The largest absolute Gasteiger partial charge is 0.240 e. The van der Waals surface area contributed by atoms with Gasteiger partial charge >= 0.3 is 0 Å². The van der Waals surface area contributed by atoms with Crippen LogP contribution in [0.1, 0.15) is 24.6 Å². The predicted octanol–water partition coefficient (Wildman–Crippen LogP) is 3.67. The molecule has 1 heterocycles. The van der Waals surface area contributed by atoms with Crippen molar-refractivity contribution in [1.29, 1.82) is 0 Å². The van der Waals surface area contributed by atoms with Crippen LogP contribution in [0, 0.1) is 0 Å².